The standard InChI is InChI=1S/C13H14ClFN4/c1-3-11-18-12(16-2)7-13(19-11)17-10-5-4-8(15)6-9(10)14/h4-7H,3H2,1-2H3,(H2,16,17,18,19). The summed E-state index contributed by atoms with van der Waals surface area (Å²) in [5.74, 6) is 1.67. The molecule has 2 N–H and O–H groups in total. The Morgan fingerprint density at radius 3 is 2.58 bits per heavy atom. The van der Waals surface area contributed by atoms with E-state index >= 15 is 0 Å². The summed E-state index contributed by atoms with van der Waals surface area (Å²) in [5.41, 5.74) is 0.603. The average molecular weight is 281 g/mol. The summed E-state index contributed by atoms with van der Waals surface area (Å²) in [6.45, 7) is 1.98. The molecule has 0 fully saturated rings. The molecule has 0 saturated heterocycles. The number of rotatable bonds is 4. The van der Waals surface area contributed by atoms with Gasteiger partial charge in [0.05, 0.1) is 10.7 Å². The monoisotopic (exact) mass is 280 g/mol. The third-order valence-corrected chi connectivity index (χ3v) is 2.85. The molecule has 0 saturated carbocycles. The highest BCUT2D eigenvalue weighted by Gasteiger charge is 2.06. The lowest BCUT2D eigenvalue weighted by atomic mass is 10.3. The number of nitrogens with one attached hydrogen (secondary N) is 2. The van der Waals surface area contributed by atoms with E-state index in [1.54, 1.807) is 19.2 Å². The zero-order chi connectivity index (χ0) is 13.8. The van der Waals surface area contributed by atoms with Gasteiger partial charge in [-0.2, -0.15) is 0 Å². The van der Waals surface area contributed by atoms with Crippen molar-refractivity contribution in [1.82, 2.24) is 9.97 Å². The Balaban J connectivity index is 2.31. The van der Waals surface area contributed by atoms with Gasteiger partial charge in [-0.25, -0.2) is 14.4 Å². The van der Waals surface area contributed by atoms with Gasteiger partial charge in [-0.1, -0.05) is 18.5 Å². The molecule has 2 rings (SSSR count). The molecule has 1 aromatic carbocycles. The van der Waals surface area contributed by atoms with Gasteiger partial charge >= 0.3 is 0 Å². The fourth-order valence-electron chi connectivity index (χ4n) is 1.58. The van der Waals surface area contributed by atoms with Crippen LogP contribution in [0.2, 0.25) is 5.02 Å². The molecule has 4 nitrogen and oxygen atoms in total. The molecule has 1 aromatic heterocycles. The summed E-state index contributed by atoms with van der Waals surface area (Å²) in [6, 6.07) is 5.93. The van der Waals surface area contributed by atoms with E-state index in [1.165, 1.54) is 12.1 Å². The van der Waals surface area contributed by atoms with Gasteiger partial charge in [0.25, 0.3) is 0 Å². The van der Waals surface area contributed by atoms with Gasteiger partial charge in [0.15, 0.2) is 0 Å². The lowest BCUT2D eigenvalue weighted by Gasteiger charge is -2.10. The summed E-state index contributed by atoms with van der Waals surface area (Å²) in [5, 5.41) is 6.33. The van der Waals surface area contributed by atoms with Crippen molar-refractivity contribution in [1.29, 1.82) is 0 Å². The van der Waals surface area contributed by atoms with Crippen LogP contribution in [0, 0.1) is 5.82 Å². The summed E-state index contributed by atoms with van der Waals surface area (Å²) < 4.78 is 13.0. The van der Waals surface area contributed by atoms with E-state index in [9.17, 15) is 4.39 Å². The van der Waals surface area contributed by atoms with E-state index in [1.807, 2.05) is 6.92 Å². The summed E-state index contributed by atoms with van der Waals surface area (Å²) in [4.78, 5) is 8.64. The van der Waals surface area contributed by atoms with Crippen LogP contribution in [-0.2, 0) is 6.42 Å². The fraction of sp³-hybridized carbons (Fsp3) is 0.231. The molecule has 0 atom stereocenters. The van der Waals surface area contributed by atoms with Crippen molar-refractivity contribution in [2.24, 2.45) is 0 Å². The first kappa shape index (κ1) is 13.5. The summed E-state index contributed by atoms with van der Waals surface area (Å²) in [7, 11) is 1.79. The Morgan fingerprint density at radius 2 is 1.95 bits per heavy atom. The number of hydrogen-bond acceptors (Lipinski definition) is 4. The van der Waals surface area contributed by atoms with Crippen LogP contribution in [0.15, 0.2) is 24.3 Å². The maximum absolute atomic E-state index is 13.0. The molecular formula is C13H14ClFN4. The van der Waals surface area contributed by atoms with Crippen molar-refractivity contribution < 1.29 is 4.39 Å². The van der Waals surface area contributed by atoms with E-state index < -0.39 is 0 Å². The lowest BCUT2D eigenvalue weighted by Crippen LogP contribution is -2.03. The molecule has 1 heterocycles. The van der Waals surface area contributed by atoms with Crippen molar-refractivity contribution in [3.8, 4) is 0 Å². The molecule has 0 unspecified atom stereocenters. The largest absolute Gasteiger partial charge is 0.373 e. The third-order valence-electron chi connectivity index (χ3n) is 2.54. The number of halogens is 2. The molecule has 0 aliphatic carbocycles. The minimum absolute atomic E-state index is 0.308. The van der Waals surface area contributed by atoms with Gasteiger partial charge in [0.2, 0.25) is 0 Å². The van der Waals surface area contributed by atoms with Gasteiger partial charge in [0, 0.05) is 19.5 Å². The molecule has 0 radical (unpaired) electrons. The second-order valence-corrected chi connectivity index (χ2v) is 4.31. The Kier molecular flexibility index (Phi) is 4.16. The van der Waals surface area contributed by atoms with Crippen LogP contribution in [0.25, 0.3) is 0 Å². The second-order valence-electron chi connectivity index (χ2n) is 3.91. The van der Waals surface area contributed by atoms with E-state index in [4.69, 9.17) is 11.6 Å². The second kappa shape index (κ2) is 5.84. The highest BCUT2D eigenvalue weighted by molar-refractivity contribution is 6.33. The Bertz CT molecular complexity index is 567. The topological polar surface area (TPSA) is 49.8 Å². The molecule has 6 heteroatoms. The zero-order valence-corrected chi connectivity index (χ0v) is 11.4. The van der Waals surface area contributed by atoms with E-state index in [0.717, 1.165) is 6.42 Å². The van der Waals surface area contributed by atoms with Gasteiger partial charge in [-0.15, -0.1) is 0 Å². The lowest BCUT2D eigenvalue weighted by molar-refractivity contribution is 0.628. The predicted molar refractivity (Wildman–Crippen MR) is 75.6 cm³/mol. The number of benzene rings is 1. The van der Waals surface area contributed by atoms with E-state index in [0.29, 0.717) is 28.2 Å². The van der Waals surface area contributed by atoms with Crippen LogP contribution in [0.3, 0.4) is 0 Å². The van der Waals surface area contributed by atoms with Gasteiger partial charge in [-0.3, -0.25) is 0 Å². The molecular weight excluding hydrogens is 267 g/mol. The number of hydrogen-bond donors (Lipinski definition) is 2. The minimum atomic E-state index is -0.372. The molecule has 100 valence electrons. The van der Waals surface area contributed by atoms with Crippen LogP contribution in [0.5, 0.6) is 0 Å². The summed E-state index contributed by atoms with van der Waals surface area (Å²) in [6.07, 6.45) is 0.724. The van der Waals surface area contributed by atoms with Crippen LogP contribution < -0.4 is 10.6 Å². The Hall–Kier alpha value is -1.88. The zero-order valence-electron chi connectivity index (χ0n) is 10.7. The first-order valence-corrected chi connectivity index (χ1v) is 6.28. The number of aromatic nitrogens is 2. The van der Waals surface area contributed by atoms with Crippen molar-refractivity contribution in [3.63, 3.8) is 0 Å². The van der Waals surface area contributed by atoms with Crippen molar-refractivity contribution in [2.45, 2.75) is 13.3 Å². The number of aryl methyl sites for hydroxylation is 1. The number of anilines is 3. The van der Waals surface area contributed by atoms with Gasteiger partial charge in [-0.05, 0) is 18.2 Å². The molecule has 0 bridgehead atoms. The number of nitrogens with zero attached hydrogens (tertiary/aromatic N) is 2. The van der Waals surface area contributed by atoms with Gasteiger partial charge in [0.1, 0.15) is 23.3 Å². The first-order chi connectivity index (χ1) is 9.12. The average Bonchev–Trinajstić information content (AvgIpc) is 2.41. The van der Waals surface area contributed by atoms with Gasteiger partial charge < -0.3 is 10.6 Å². The van der Waals surface area contributed by atoms with E-state index in [-0.39, 0.29) is 5.82 Å². The van der Waals surface area contributed by atoms with E-state index in [2.05, 4.69) is 20.6 Å². The SMILES string of the molecule is CCc1nc(NC)cc(Nc2ccc(F)cc2Cl)n1. The molecule has 0 amide bonds. The van der Waals surface area contributed by atoms with Crippen molar-refractivity contribution in [2.75, 3.05) is 17.7 Å². The maximum Gasteiger partial charge on any atom is 0.136 e. The molecule has 0 aliphatic heterocycles. The van der Waals surface area contributed by atoms with Crippen molar-refractivity contribution >= 4 is 28.9 Å². The van der Waals surface area contributed by atoms with Crippen LogP contribution in [-0.4, -0.2) is 17.0 Å². The van der Waals surface area contributed by atoms with Crippen molar-refractivity contribution in [3.05, 3.63) is 40.9 Å². The van der Waals surface area contributed by atoms with Crippen LogP contribution in [0.4, 0.5) is 21.7 Å². The Morgan fingerprint density at radius 1 is 1.21 bits per heavy atom. The quantitative estimate of drug-likeness (QED) is 0.898. The molecule has 19 heavy (non-hydrogen) atoms. The normalized spacial score (nSPS) is 10.3. The predicted octanol–water partition coefficient (Wildman–Crippen LogP) is 3.62. The first-order valence-electron chi connectivity index (χ1n) is 5.90. The highest BCUT2D eigenvalue weighted by Crippen LogP contribution is 2.26. The molecule has 2 aromatic rings. The summed E-state index contributed by atoms with van der Waals surface area (Å²) >= 11 is 5.97. The third kappa shape index (κ3) is 3.32. The molecule has 0 spiro atoms. The maximum atomic E-state index is 13.0. The Labute approximate surface area is 116 Å². The highest BCUT2D eigenvalue weighted by atomic mass is 35.5. The fourth-order valence-corrected chi connectivity index (χ4v) is 1.79. The van der Waals surface area contributed by atoms with Crippen LogP contribution in [0.1, 0.15) is 12.7 Å². The minimum Gasteiger partial charge on any atom is -0.373 e. The smallest absolute Gasteiger partial charge is 0.136 e. The van der Waals surface area contributed by atoms with Crippen LogP contribution >= 0.6 is 11.6 Å². The molecule has 0 aliphatic rings.